The number of hydrogen-bond donors (Lipinski definition) is 1. The van der Waals surface area contributed by atoms with Crippen LogP contribution in [0.15, 0.2) is 72.8 Å². The standard InChI is InChI=1S/C26H23FN6O/c1-18-11-22(19(2)33(18)25-9-7-24(27)8-10-25)12-23(13-28)26(34)30-14-20-5-3-4-6-21(20)15-32-17-29-16-31-32/h3-12,16-17H,14-15H2,1-2H3,(H,30,34)/b23-12-. The first-order chi connectivity index (χ1) is 16.5. The van der Waals surface area contributed by atoms with Crippen LogP contribution in [-0.2, 0) is 17.9 Å². The maximum Gasteiger partial charge on any atom is 0.262 e. The Morgan fingerprint density at radius 1 is 1.15 bits per heavy atom. The summed E-state index contributed by atoms with van der Waals surface area (Å²) in [5.41, 5.74) is 5.26. The van der Waals surface area contributed by atoms with Gasteiger partial charge in [-0.05, 0) is 66.9 Å². The van der Waals surface area contributed by atoms with E-state index in [1.165, 1.54) is 18.5 Å². The van der Waals surface area contributed by atoms with Gasteiger partial charge in [0.2, 0.25) is 0 Å². The van der Waals surface area contributed by atoms with E-state index in [1.807, 2.05) is 54.8 Å². The molecule has 2 heterocycles. The smallest absolute Gasteiger partial charge is 0.262 e. The summed E-state index contributed by atoms with van der Waals surface area (Å²) in [4.78, 5) is 16.8. The molecule has 34 heavy (non-hydrogen) atoms. The second kappa shape index (κ2) is 9.96. The molecule has 0 bridgehead atoms. The molecule has 1 amide bonds. The molecule has 0 saturated heterocycles. The van der Waals surface area contributed by atoms with E-state index in [9.17, 15) is 14.4 Å². The molecule has 7 nitrogen and oxygen atoms in total. The van der Waals surface area contributed by atoms with Crippen LogP contribution in [0.1, 0.15) is 28.1 Å². The lowest BCUT2D eigenvalue weighted by molar-refractivity contribution is -0.117. The summed E-state index contributed by atoms with van der Waals surface area (Å²) in [6.07, 6.45) is 4.69. The van der Waals surface area contributed by atoms with Gasteiger partial charge in [-0.1, -0.05) is 24.3 Å². The summed E-state index contributed by atoms with van der Waals surface area (Å²) in [6.45, 7) is 4.63. The molecule has 0 spiro atoms. The third-order valence-electron chi connectivity index (χ3n) is 5.58. The van der Waals surface area contributed by atoms with E-state index >= 15 is 0 Å². The van der Waals surface area contributed by atoms with Crippen molar-refractivity contribution in [1.82, 2.24) is 24.6 Å². The van der Waals surface area contributed by atoms with Gasteiger partial charge in [0.1, 0.15) is 30.1 Å². The molecule has 0 aliphatic rings. The zero-order valence-electron chi connectivity index (χ0n) is 18.9. The van der Waals surface area contributed by atoms with Crippen molar-refractivity contribution in [2.75, 3.05) is 0 Å². The molecule has 0 unspecified atom stereocenters. The van der Waals surface area contributed by atoms with Crippen LogP contribution in [0, 0.1) is 31.0 Å². The van der Waals surface area contributed by atoms with Gasteiger partial charge in [0.15, 0.2) is 0 Å². The van der Waals surface area contributed by atoms with Gasteiger partial charge < -0.3 is 9.88 Å². The highest BCUT2D eigenvalue weighted by Crippen LogP contribution is 2.23. The van der Waals surface area contributed by atoms with Crippen molar-refractivity contribution < 1.29 is 9.18 Å². The van der Waals surface area contributed by atoms with Crippen LogP contribution in [0.5, 0.6) is 0 Å². The highest BCUT2D eigenvalue weighted by Gasteiger charge is 2.14. The molecule has 2 aromatic carbocycles. The quantitative estimate of drug-likeness (QED) is 0.336. The summed E-state index contributed by atoms with van der Waals surface area (Å²) < 4.78 is 17.0. The summed E-state index contributed by atoms with van der Waals surface area (Å²) in [7, 11) is 0. The van der Waals surface area contributed by atoms with Gasteiger partial charge in [-0.2, -0.15) is 10.4 Å². The number of nitriles is 1. The molecular weight excluding hydrogens is 431 g/mol. The molecular formula is C26H23FN6O. The number of amides is 1. The average Bonchev–Trinajstić information content (AvgIpc) is 3.44. The van der Waals surface area contributed by atoms with Gasteiger partial charge in [0, 0.05) is 23.6 Å². The predicted octanol–water partition coefficient (Wildman–Crippen LogP) is 4.10. The number of nitrogens with zero attached hydrogens (tertiary/aromatic N) is 5. The molecule has 0 saturated carbocycles. The number of aryl methyl sites for hydroxylation is 1. The molecule has 0 aliphatic heterocycles. The Balaban J connectivity index is 1.52. The fourth-order valence-corrected chi connectivity index (χ4v) is 3.87. The van der Waals surface area contributed by atoms with E-state index in [0.717, 1.165) is 33.8 Å². The van der Waals surface area contributed by atoms with E-state index in [4.69, 9.17) is 0 Å². The Morgan fingerprint density at radius 2 is 1.88 bits per heavy atom. The minimum Gasteiger partial charge on any atom is -0.347 e. The SMILES string of the molecule is Cc1cc(/C=C(/C#N)C(=O)NCc2ccccc2Cn2cncn2)c(C)n1-c1ccc(F)cc1. The minimum atomic E-state index is -0.454. The van der Waals surface area contributed by atoms with Crippen LogP contribution in [0.2, 0.25) is 0 Å². The topological polar surface area (TPSA) is 88.5 Å². The Bertz CT molecular complexity index is 1380. The van der Waals surface area contributed by atoms with Crippen molar-refractivity contribution in [2.45, 2.75) is 26.9 Å². The van der Waals surface area contributed by atoms with E-state index in [0.29, 0.717) is 6.54 Å². The van der Waals surface area contributed by atoms with Crippen LogP contribution < -0.4 is 5.32 Å². The minimum absolute atomic E-state index is 0.00751. The third-order valence-corrected chi connectivity index (χ3v) is 5.58. The first-order valence-electron chi connectivity index (χ1n) is 10.7. The van der Waals surface area contributed by atoms with E-state index < -0.39 is 5.91 Å². The largest absolute Gasteiger partial charge is 0.347 e. The average molecular weight is 455 g/mol. The van der Waals surface area contributed by atoms with Crippen LogP contribution in [0.4, 0.5) is 4.39 Å². The van der Waals surface area contributed by atoms with Gasteiger partial charge in [-0.15, -0.1) is 0 Å². The lowest BCUT2D eigenvalue weighted by Crippen LogP contribution is -2.24. The Hall–Kier alpha value is -4.51. The van der Waals surface area contributed by atoms with Gasteiger partial charge >= 0.3 is 0 Å². The first kappa shape index (κ1) is 22.7. The number of nitrogens with one attached hydrogen (secondary N) is 1. The highest BCUT2D eigenvalue weighted by atomic mass is 19.1. The molecule has 0 radical (unpaired) electrons. The van der Waals surface area contributed by atoms with Crippen molar-refractivity contribution in [1.29, 1.82) is 5.26 Å². The second-order valence-corrected chi connectivity index (χ2v) is 7.85. The van der Waals surface area contributed by atoms with Crippen LogP contribution in [0.25, 0.3) is 11.8 Å². The lowest BCUT2D eigenvalue weighted by atomic mass is 10.1. The maximum absolute atomic E-state index is 13.3. The number of carbonyl (C=O) groups is 1. The Morgan fingerprint density at radius 3 is 2.56 bits per heavy atom. The molecule has 4 rings (SSSR count). The maximum atomic E-state index is 13.3. The summed E-state index contributed by atoms with van der Waals surface area (Å²) >= 11 is 0. The highest BCUT2D eigenvalue weighted by molar-refractivity contribution is 6.01. The number of halogens is 1. The van der Waals surface area contributed by atoms with Crippen LogP contribution in [-0.4, -0.2) is 25.2 Å². The van der Waals surface area contributed by atoms with Crippen molar-refractivity contribution in [3.63, 3.8) is 0 Å². The molecule has 0 atom stereocenters. The van der Waals surface area contributed by atoms with E-state index in [2.05, 4.69) is 15.4 Å². The number of benzene rings is 2. The Labute approximate surface area is 196 Å². The number of rotatable bonds is 7. The van der Waals surface area contributed by atoms with Crippen molar-refractivity contribution in [3.8, 4) is 11.8 Å². The molecule has 1 N–H and O–H groups in total. The molecule has 2 aromatic heterocycles. The fourth-order valence-electron chi connectivity index (χ4n) is 3.87. The number of aromatic nitrogens is 4. The summed E-state index contributed by atoms with van der Waals surface area (Å²) in [6, 6.07) is 17.8. The normalized spacial score (nSPS) is 11.3. The van der Waals surface area contributed by atoms with Crippen LogP contribution in [0.3, 0.4) is 0 Å². The predicted molar refractivity (Wildman–Crippen MR) is 126 cm³/mol. The number of carbonyl (C=O) groups excluding carboxylic acids is 1. The van der Waals surface area contributed by atoms with Gasteiger partial charge in [-0.3, -0.25) is 4.79 Å². The van der Waals surface area contributed by atoms with Crippen molar-refractivity contribution in [3.05, 3.63) is 107 Å². The number of hydrogen-bond acceptors (Lipinski definition) is 4. The molecule has 8 heteroatoms. The monoisotopic (exact) mass is 454 g/mol. The van der Waals surface area contributed by atoms with Gasteiger partial charge in [0.25, 0.3) is 5.91 Å². The molecule has 0 fully saturated rings. The van der Waals surface area contributed by atoms with Gasteiger partial charge in [-0.25, -0.2) is 14.1 Å². The van der Waals surface area contributed by atoms with Crippen molar-refractivity contribution in [2.24, 2.45) is 0 Å². The Kier molecular flexibility index (Phi) is 6.64. The van der Waals surface area contributed by atoms with Crippen LogP contribution >= 0.6 is 0 Å². The zero-order chi connectivity index (χ0) is 24.1. The summed E-state index contributed by atoms with van der Waals surface area (Å²) in [5.74, 6) is -0.762. The fraction of sp³-hybridized carbons (Fsp3) is 0.154. The zero-order valence-corrected chi connectivity index (χ0v) is 18.9. The molecule has 0 aliphatic carbocycles. The third kappa shape index (κ3) is 4.94. The summed E-state index contributed by atoms with van der Waals surface area (Å²) in [5, 5.41) is 16.6. The lowest BCUT2D eigenvalue weighted by Gasteiger charge is -2.11. The van der Waals surface area contributed by atoms with Crippen molar-refractivity contribution >= 4 is 12.0 Å². The molecule has 4 aromatic rings. The van der Waals surface area contributed by atoms with E-state index in [-0.39, 0.29) is 17.9 Å². The second-order valence-electron chi connectivity index (χ2n) is 7.85. The van der Waals surface area contributed by atoms with E-state index in [1.54, 1.807) is 29.2 Å². The van der Waals surface area contributed by atoms with Gasteiger partial charge in [0.05, 0.1) is 6.54 Å². The first-order valence-corrected chi connectivity index (χ1v) is 10.7. The molecule has 170 valence electrons.